The highest BCUT2D eigenvalue weighted by Crippen LogP contribution is 2.31. The summed E-state index contributed by atoms with van der Waals surface area (Å²) in [5.41, 5.74) is 3.81. The van der Waals surface area contributed by atoms with Crippen molar-refractivity contribution in [1.82, 2.24) is 19.3 Å². The molecule has 1 aliphatic carbocycles. The van der Waals surface area contributed by atoms with Crippen molar-refractivity contribution in [2.75, 3.05) is 11.3 Å². The molecule has 1 aliphatic heterocycles. The zero-order valence-electron chi connectivity index (χ0n) is 20.6. The standard InChI is InChI=1S/C25H31N5O5S/c1-17-18(2)27-35-24(17)28-36(32,33)30(21-6-3-4-7-21)15-19-9-10-22(25-26-11-13-34-25)20(14-19)16-29-12-5-8-23(29)31/h9-11,13-14,21,28H,3-8,12,15-16H2,1-2H3. The predicted molar refractivity (Wildman–Crippen MR) is 133 cm³/mol. The van der Waals surface area contributed by atoms with Crippen molar-refractivity contribution in [3.8, 4) is 11.5 Å². The Kier molecular flexibility index (Phi) is 6.85. The fourth-order valence-electron chi connectivity index (χ4n) is 4.99. The molecule has 1 saturated heterocycles. The van der Waals surface area contributed by atoms with Gasteiger partial charge in [0.25, 0.3) is 0 Å². The van der Waals surface area contributed by atoms with Gasteiger partial charge < -0.3 is 13.8 Å². The zero-order valence-corrected chi connectivity index (χ0v) is 21.4. The van der Waals surface area contributed by atoms with Crippen LogP contribution in [0.2, 0.25) is 0 Å². The van der Waals surface area contributed by atoms with E-state index in [1.54, 1.807) is 20.0 Å². The van der Waals surface area contributed by atoms with Gasteiger partial charge in [0.2, 0.25) is 17.7 Å². The number of oxazole rings is 1. The van der Waals surface area contributed by atoms with Crippen molar-refractivity contribution in [2.45, 2.75) is 71.5 Å². The molecule has 3 aromatic rings. The third kappa shape index (κ3) is 5.03. The molecule has 0 unspecified atom stereocenters. The van der Waals surface area contributed by atoms with Crippen LogP contribution in [0.5, 0.6) is 0 Å². The zero-order chi connectivity index (χ0) is 25.3. The molecule has 0 bridgehead atoms. The van der Waals surface area contributed by atoms with Crippen LogP contribution >= 0.6 is 0 Å². The third-order valence-electron chi connectivity index (χ3n) is 7.12. The minimum atomic E-state index is -3.91. The molecule has 1 amide bonds. The number of hydrogen-bond donors (Lipinski definition) is 1. The van der Waals surface area contributed by atoms with Gasteiger partial charge in [0.05, 0.1) is 11.9 Å². The maximum absolute atomic E-state index is 13.6. The predicted octanol–water partition coefficient (Wildman–Crippen LogP) is 4.17. The van der Waals surface area contributed by atoms with E-state index < -0.39 is 10.2 Å². The number of benzene rings is 1. The van der Waals surface area contributed by atoms with Crippen LogP contribution in [-0.2, 0) is 28.1 Å². The van der Waals surface area contributed by atoms with Gasteiger partial charge in [-0.05, 0) is 50.3 Å². The van der Waals surface area contributed by atoms with Crippen molar-refractivity contribution >= 4 is 22.0 Å². The Hall–Kier alpha value is -3.18. The summed E-state index contributed by atoms with van der Waals surface area (Å²) in [7, 11) is -3.91. The number of nitrogens with one attached hydrogen (secondary N) is 1. The van der Waals surface area contributed by atoms with E-state index in [-0.39, 0.29) is 24.4 Å². The summed E-state index contributed by atoms with van der Waals surface area (Å²) in [5, 5.41) is 3.87. The van der Waals surface area contributed by atoms with Crippen molar-refractivity contribution < 1.29 is 22.2 Å². The van der Waals surface area contributed by atoms with Gasteiger partial charge in [-0.3, -0.25) is 4.79 Å². The number of amides is 1. The summed E-state index contributed by atoms with van der Waals surface area (Å²) in [6.07, 6.45) is 8.08. The van der Waals surface area contributed by atoms with Crippen LogP contribution in [-0.4, -0.2) is 46.3 Å². The number of nitrogens with zero attached hydrogens (tertiary/aromatic N) is 4. The number of likely N-dealkylation sites (tertiary alicyclic amines) is 1. The Morgan fingerprint density at radius 3 is 2.64 bits per heavy atom. The molecule has 0 spiro atoms. The minimum Gasteiger partial charge on any atom is -0.445 e. The number of aryl methyl sites for hydroxylation is 1. The second-order valence-corrected chi connectivity index (χ2v) is 11.2. The Morgan fingerprint density at radius 2 is 2.00 bits per heavy atom. The molecule has 0 atom stereocenters. The summed E-state index contributed by atoms with van der Waals surface area (Å²) in [5.74, 6) is 0.736. The topological polar surface area (TPSA) is 122 Å². The SMILES string of the molecule is Cc1noc(NS(=O)(=O)N(Cc2ccc(-c3ncco3)c(CN3CCCC3=O)c2)C2CCCC2)c1C. The number of rotatable bonds is 9. The second-order valence-electron chi connectivity index (χ2n) is 9.56. The molecule has 2 aromatic heterocycles. The smallest absolute Gasteiger partial charge is 0.304 e. The highest BCUT2D eigenvalue weighted by molar-refractivity contribution is 7.90. The number of carbonyl (C=O) groups excluding carboxylic acids is 1. The lowest BCUT2D eigenvalue weighted by Gasteiger charge is -2.28. The molecule has 11 heteroatoms. The monoisotopic (exact) mass is 513 g/mol. The molecule has 1 N–H and O–H groups in total. The summed E-state index contributed by atoms with van der Waals surface area (Å²) >= 11 is 0. The summed E-state index contributed by atoms with van der Waals surface area (Å²) in [4.78, 5) is 18.4. The maximum atomic E-state index is 13.6. The number of aromatic nitrogens is 2. The lowest BCUT2D eigenvalue weighted by Crippen LogP contribution is -2.41. The van der Waals surface area contributed by atoms with Crippen LogP contribution in [0.1, 0.15) is 60.9 Å². The van der Waals surface area contributed by atoms with Gasteiger partial charge in [0.15, 0.2) is 0 Å². The van der Waals surface area contributed by atoms with Crippen molar-refractivity contribution in [1.29, 1.82) is 0 Å². The number of anilines is 1. The van der Waals surface area contributed by atoms with E-state index in [1.165, 1.54) is 10.6 Å². The summed E-state index contributed by atoms with van der Waals surface area (Å²) in [6.45, 7) is 4.87. The van der Waals surface area contributed by atoms with Gasteiger partial charge in [-0.2, -0.15) is 12.7 Å². The highest BCUT2D eigenvalue weighted by atomic mass is 32.2. The molecule has 5 rings (SSSR count). The van der Waals surface area contributed by atoms with Gasteiger partial charge >= 0.3 is 10.2 Å². The molecule has 3 heterocycles. The van der Waals surface area contributed by atoms with Crippen LogP contribution in [0.25, 0.3) is 11.5 Å². The lowest BCUT2D eigenvalue weighted by molar-refractivity contribution is -0.128. The van der Waals surface area contributed by atoms with Gasteiger partial charge in [-0.1, -0.05) is 30.1 Å². The van der Waals surface area contributed by atoms with Gasteiger partial charge in [-0.15, -0.1) is 0 Å². The van der Waals surface area contributed by atoms with Gasteiger partial charge in [-0.25, -0.2) is 9.71 Å². The first kappa shape index (κ1) is 24.5. The van der Waals surface area contributed by atoms with Crippen LogP contribution in [0.4, 0.5) is 5.88 Å². The minimum absolute atomic E-state index is 0.109. The molecule has 10 nitrogen and oxygen atoms in total. The maximum Gasteiger partial charge on any atom is 0.304 e. The first-order valence-electron chi connectivity index (χ1n) is 12.3. The second kappa shape index (κ2) is 10.1. The van der Waals surface area contributed by atoms with Crippen molar-refractivity contribution in [3.05, 3.63) is 53.0 Å². The van der Waals surface area contributed by atoms with Crippen LogP contribution < -0.4 is 4.72 Å². The molecule has 1 saturated carbocycles. The Morgan fingerprint density at radius 1 is 1.19 bits per heavy atom. The number of hydrogen-bond acceptors (Lipinski definition) is 7. The fraction of sp³-hybridized carbons (Fsp3) is 0.480. The fourth-order valence-corrected chi connectivity index (χ4v) is 6.45. The Bertz CT molecular complexity index is 1330. The van der Waals surface area contributed by atoms with E-state index in [1.807, 2.05) is 23.1 Å². The first-order chi connectivity index (χ1) is 17.3. The van der Waals surface area contributed by atoms with Gasteiger partial charge in [0.1, 0.15) is 6.26 Å². The van der Waals surface area contributed by atoms with E-state index in [9.17, 15) is 13.2 Å². The largest absolute Gasteiger partial charge is 0.445 e. The van der Waals surface area contributed by atoms with Crippen molar-refractivity contribution in [2.24, 2.45) is 0 Å². The quantitative estimate of drug-likeness (QED) is 0.456. The van der Waals surface area contributed by atoms with Crippen LogP contribution in [0.15, 0.2) is 39.6 Å². The van der Waals surface area contributed by atoms with E-state index >= 15 is 0 Å². The normalized spacial score (nSPS) is 17.0. The van der Waals surface area contributed by atoms with Crippen molar-refractivity contribution in [3.63, 3.8) is 0 Å². The Labute approximate surface area is 210 Å². The van der Waals surface area contributed by atoms with E-state index in [0.29, 0.717) is 36.7 Å². The Balaban J connectivity index is 1.46. The molecule has 36 heavy (non-hydrogen) atoms. The molecule has 0 radical (unpaired) electrons. The third-order valence-corrected chi connectivity index (χ3v) is 8.61. The molecule has 192 valence electrons. The molecular formula is C25H31N5O5S. The summed E-state index contributed by atoms with van der Waals surface area (Å²) in [6, 6.07) is 5.65. The van der Waals surface area contributed by atoms with Crippen LogP contribution in [0, 0.1) is 13.8 Å². The number of carbonyl (C=O) groups is 1. The van der Waals surface area contributed by atoms with Crippen LogP contribution in [0.3, 0.4) is 0 Å². The molecule has 2 fully saturated rings. The van der Waals surface area contributed by atoms with E-state index in [0.717, 1.165) is 48.8 Å². The lowest BCUT2D eigenvalue weighted by atomic mass is 10.0. The highest BCUT2D eigenvalue weighted by Gasteiger charge is 2.34. The van der Waals surface area contributed by atoms with E-state index in [2.05, 4.69) is 14.9 Å². The van der Waals surface area contributed by atoms with Gasteiger partial charge in [0, 0.05) is 43.2 Å². The average Bonchev–Trinajstić information content (AvgIpc) is 3.66. The molecular weight excluding hydrogens is 482 g/mol. The summed E-state index contributed by atoms with van der Waals surface area (Å²) < 4.78 is 42.0. The average molecular weight is 514 g/mol. The van der Waals surface area contributed by atoms with E-state index in [4.69, 9.17) is 8.94 Å². The first-order valence-corrected chi connectivity index (χ1v) is 13.8. The molecule has 2 aliphatic rings. The molecule has 1 aromatic carbocycles.